The SMILES string of the molecule is C#CCn1c(Cc2ccc(Cl)cc2)nc2sc3c(c2c1=O)CCC(C)C3. The van der Waals surface area contributed by atoms with E-state index in [1.165, 1.54) is 10.4 Å². The molecule has 0 radical (unpaired) electrons. The maximum Gasteiger partial charge on any atom is 0.263 e. The van der Waals surface area contributed by atoms with E-state index >= 15 is 0 Å². The minimum atomic E-state index is 0.00367. The zero-order valence-electron chi connectivity index (χ0n) is 14.6. The molecule has 0 aliphatic heterocycles. The van der Waals surface area contributed by atoms with E-state index in [1.807, 2.05) is 24.3 Å². The number of thiophene rings is 1. The first kappa shape index (κ1) is 17.3. The van der Waals surface area contributed by atoms with Gasteiger partial charge in [-0.2, -0.15) is 0 Å². The molecule has 0 spiro atoms. The summed E-state index contributed by atoms with van der Waals surface area (Å²) in [5.74, 6) is 3.99. The predicted octanol–water partition coefficient (Wildman–Crippen LogP) is 4.46. The zero-order valence-corrected chi connectivity index (χ0v) is 16.2. The Morgan fingerprint density at radius 1 is 1.38 bits per heavy atom. The molecule has 26 heavy (non-hydrogen) atoms. The third kappa shape index (κ3) is 3.06. The molecule has 0 N–H and O–H groups in total. The highest BCUT2D eigenvalue weighted by Crippen LogP contribution is 2.36. The number of fused-ring (bicyclic) bond motifs is 3. The normalized spacial score (nSPS) is 16.4. The quantitative estimate of drug-likeness (QED) is 0.627. The first-order chi connectivity index (χ1) is 12.6. The molecule has 5 heteroatoms. The van der Waals surface area contributed by atoms with Crippen molar-refractivity contribution in [1.82, 2.24) is 9.55 Å². The molecule has 0 bridgehead atoms. The minimum Gasteiger partial charge on any atom is -0.284 e. The van der Waals surface area contributed by atoms with Crippen LogP contribution in [0.5, 0.6) is 0 Å². The molecule has 2 heterocycles. The van der Waals surface area contributed by atoms with Gasteiger partial charge in [0, 0.05) is 16.3 Å². The monoisotopic (exact) mass is 382 g/mol. The van der Waals surface area contributed by atoms with Crippen molar-refractivity contribution in [3.05, 3.63) is 61.5 Å². The molecule has 0 saturated heterocycles. The lowest BCUT2D eigenvalue weighted by Crippen LogP contribution is -2.25. The van der Waals surface area contributed by atoms with Crippen molar-refractivity contribution in [2.75, 3.05) is 0 Å². The fourth-order valence-corrected chi connectivity index (χ4v) is 5.16. The number of aromatic nitrogens is 2. The topological polar surface area (TPSA) is 34.9 Å². The van der Waals surface area contributed by atoms with Gasteiger partial charge in [0.15, 0.2) is 0 Å². The lowest BCUT2D eigenvalue weighted by molar-refractivity contribution is 0.509. The molecule has 1 unspecified atom stereocenters. The first-order valence-corrected chi connectivity index (χ1v) is 9.98. The Kier molecular flexibility index (Phi) is 4.60. The molecule has 1 atom stereocenters. The maximum absolute atomic E-state index is 13.2. The Bertz CT molecular complexity index is 1070. The Hall–Kier alpha value is -2.09. The number of benzene rings is 1. The van der Waals surface area contributed by atoms with Gasteiger partial charge in [0.05, 0.1) is 11.9 Å². The lowest BCUT2D eigenvalue weighted by atomic mass is 9.89. The Morgan fingerprint density at radius 2 is 2.15 bits per heavy atom. The van der Waals surface area contributed by atoms with E-state index in [2.05, 4.69) is 12.8 Å². The summed E-state index contributed by atoms with van der Waals surface area (Å²) in [6.07, 6.45) is 9.22. The summed E-state index contributed by atoms with van der Waals surface area (Å²) in [5.41, 5.74) is 2.26. The number of hydrogen-bond acceptors (Lipinski definition) is 3. The van der Waals surface area contributed by atoms with E-state index in [0.29, 0.717) is 17.4 Å². The highest BCUT2D eigenvalue weighted by molar-refractivity contribution is 7.18. The summed E-state index contributed by atoms with van der Waals surface area (Å²) < 4.78 is 1.65. The van der Waals surface area contributed by atoms with Gasteiger partial charge >= 0.3 is 0 Å². The zero-order chi connectivity index (χ0) is 18.3. The fraction of sp³-hybridized carbons (Fsp3) is 0.333. The number of aryl methyl sites for hydroxylation is 1. The maximum atomic E-state index is 13.2. The lowest BCUT2D eigenvalue weighted by Gasteiger charge is -2.17. The second kappa shape index (κ2) is 6.90. The van der Waals surface area contributed by atoms with Crippen LogP contribution in [0.15, 0.2) is 29.1 Å². The Morgan fingerprint density at radius 3 is 2.88 bits per heavy atom. The molecule has 0 fully saturated rings. The van der Waals surface area contributed by atoms with Crippen molar-refractivity contribution in [3.63, 3.8) is 0 Å². The van der Waals surface area contributed by atoms with Crippen LogP contribution in [0.3, 0.4) is 0 Å². The molecular formula is C21H19ClN2OS. The molecule has 132 valence electrons. The summed E-state index contributed by atoms with van der Waals surface area (Å²) in [5, 5.41) is 1.48. The Labute approximate surface area is 161 Å². The van der Waals surface area contributed by atoms with Crippen molar-refractivity contribution in [1.29, 1.82) is 0 Å². The highest BCUT2D eigenvalue weighted by Gasteiger charge is 2.24. The number of halogens is 1. The fourth-order valence-electron chi connectivity index (χ4n) is 3.64. The summed E-state index contributed by atoms with van der Waals surface area (Å²) in [6, 6.07) is 7.62. The number of rotatable bonds is 3. The average Bonchev–Trinajstić information content (AvgIpc) is 2.97. The van der Waals surface area contributed by atoms with Gasteiger partial charge in [-0.3, -0.25) is 9.36 Å². The van der Waals surface area contributed by atoms with Crippen molar-refractivity contribution in [2.45, 2.75) is 39.2 Å². The number of terminal acetylenes is 1. The van der Waals surface area contributed by atoms with Gasteiger partial charge in [0.1, 0.15) is 10.7 Å². The van der Waals surface area contributed by atoms with E-state index in [9.17, 15) is 4.79 Å². The molecule has 1 aliphatic rings. The van der Waals surface area contributed by atoms with E-state index in [1.54, 1.807) is 15.9 Å². The van der Waals surface area contributed by atoms with Crippen molar-refractivity contribution in [2.24, 2.45) is 5.92 Å². The minimum absolute atomic E-state index is 0.00367. The van der Waals surface area contributed by atoms with E-state index < -0.39 is 0 Å². The predicted molar refractivity (Wildman–Crippen MR) is 108 cm³/mol. The summed E-state index contributed by atoms with van der Waals surface area (Å²) >= 11 is 7.65. The van der Waals surface area contributed by atoms with E-state index in [0.717, 1.165) is 40.9 Å². The molecular weight excluding hydrogens is 364 g/mol. The second-order valence-corrected chi connectivity index (χ2v) is 8.48. The van der Waals surface area contributed by atoms with E-state index in [4.69, 9.17) is 23.0 Å². The van der Waals surface area contributed by atoms with Crippen LogP contribution in [-0.2, 0) is 25.8 Å². The average molecular weight is 383 g/mol. The number of hydrogen-bond donors (Lipinski definition) is 0. The largest absolute Gasteiger partial charge is 0.284 e. The van der Waals surface area contributed by atoms with Gasteiger partial charge < -0.3 is 0 Å². The van der Waals surface area contributed by atoms with Crippen LogP contribution in [0.2, 0.25) is 5.02 Å². The molecule has 2 aromatic heterocycles. The summed E-state index contributed by atoms with van der Waals surface area (Å²) in [7, 11) is 0. The molecule has 0 saturated carbocycles. The van der Waals surface area contributed by atoms with Crippen LogP contribution >= 0.6 is 22.9 Å². The van der Waals surface area contributed by atoms with Crippen LogP contribution < -0.4 is 5.56 Å². The molecule has 3 aromatic rings. The highest BCUT2D eigenvalue weighted by atomic mass is 35.5. The van der Waals surface area contributed by atoms with Crippen LogP contribution in [0, 0.1) is 18.3 Å². The van der Waals surface area contributed by atoms with Crippen LogP contribution in [-0.4, -0.2) is 9.55 Å². The van der Waals surface area contributed by atoms with Gasteiger partial charge in [-0.25, -0.2) is 4.98 Å². The second-order valence-electron chi connectivity index (χ2n) is 6.96. The third-order valence-electron chi connectivity index (χ3n) is 5.02. The van der Waals surface area contributed by atoms with Crippen LogP contribution in [0.4, 0.5) is 0 Å². The smallest absolute Gasteiger partial charge is 0.263 e. The Balaban J connectivity index is 1.87. The van der Waals surface area contributed by atoms with Gasteiger partial charge in [-0.05, 0) is 48.4 Å². The molecule has 3 nitrogen and oxygen atoms in total. The van der Waals surface area contributed by atoms with Crippen molar-refractivity contribution >= 4 is 33.2 Å². The van der Waals surface area contributed by atoms with Gasteiger partial charge in [-0.1, -0.05) is 36.6 Å². The van der Waals surface area contributed by atoms with Crippen LogP contribution in [0.1, 0.15) is 35.2 Å². The third-order valence-corrected chi connectivity index (χ3v) is 6.42. The standard InChI is InChI=1S/C21H19ClN2OS/c1-3-10-24-18(12-14-5-7-15(22)8-6-14)23-20-19(21(24)25)16-9-4-13(2)11-17(16)26-20/h1,5-8,13H,4,9-12H2,2H3. The number of nitrogens with zero attached hydrogens (tertiary/aromatic N) is 2. The summed E-state index contributed by atoms with van der Waals surface area (Å²) in [6.45, 7) is 2.51. The molecule has 4 rings (SSSR count). The van der Waals surface area contributed by atoms with E-state index in [-0.39, 0.29) is 12.1 Å². The van der Waals surface area contributed by atoms with Crippen molar-refractivity contribution in [3.8, 4) is 12.3 Å². The van der Waals surface area contributed by atoms with Gasteiger partial charge in [-0.15, -0.1) is 17.8 Å². The molecule has 1 aromatic carbocycles. The van der Waals surface area contributed by atoms with Gasteiger partial charge in [0.25, 0.3) is 5.56 Å². The molecule has 1 aliphatic carbocycles. The van der Waals surface area contributed by atoms with Crippen LogP contribution in [0.25, 0.3) is 10.2 Å². The molecule has 0 amide bonds. The van der Waals surface area contributed by atoms with Gasteiger partial charge in [0.2, 0.25) is 0 Å². The first-order valence-electron chi connectivity index (χ1n) is 8.78. The van der Waals surface area contributed by atoms with Crippen molar-refractivity contribution < 1.29 is 0 Å². The summed E-state index contributed by atoms with van der Waals surface area (Å²) in [4.78, 5) is 20.2.